The van der Waals surface area contributed by atoms with Crippen LogP contribution in [-0.4, -0.2) is 48.1 Å². The molecule has 0 radical (unpaired) electrons. The Kier molecular flexibility index (Phi) is 7.11. The summed E-state index contributed by atoms with van der Waals surface area (Å²) in [5, 5.41) is 10.6. The number of pyridine rings is 2. The van der Waals surface area contributed by atoms with E-state index in [1.807, 2.05) is 6.07 Å². The van der Waals surface area contributed by atoms with Crippen molar-refractivity contribution in [1.82, 2.24) is 15.3 Å². The first kappa shape index (κ1) is 24.0. The maximum Gasteiger partial charge on any atom is 0.418 e. The van der Waals surface area contributed by atoms with Gasteiger partial charge >= 0.3 is 12.2 Å². The van der Waals surface area contributed by atoms with E-state index in [0.717, 1.165) is 44.0 Å². The molecule has 1 aliphatic rings. The summed E-state index contributed by atoms with van der Waals surface area (Å²) in [6, 6.07) is 9.87. The van der Waals surface area contributed by atoms with Gasteiger partial charge in [0.2, 0.25) is 0 Å². The predicted molar refractivity (Wildman–Crippen MR) is 126 cm³/mol. The minimum absolute atomic E-state index is 0.00634. The number of anilines is 4. The largest absolute Gasteiger partial charge is 0.418 e. The number of nitrogens with zero attached hydrogens (tertiary/aromatic N) is 3. The molecule has 1 fully saturated rings. The lowest BCUT2D eigenvalue weighted by molar-refractivity contribution is -0.136. The van der Waals surface area contributed by atoms with E-state index >= 15 is 0 Å². The van der Waals surface area contributed by atoms with Crippen molar-refractivity contribution < 1.29 is 22.8 Å². The van der Waals surface area contributed by atoms with E-state index in [1.54, 1.807) is 12.4 Å². The molecule has 0 bridgehead atoms. The Hall–Kier alpha value is -4.19. The minimum atomic E-state index is -4.63. The Morgan fingerprint density at radius 3 is 2.46 bits per heavy atom. The molecule has 3 amide bonds. The number of urea groups is 1. The third-order valence-corrected chi connectivity index (χ3v) is 5.21. The van der Waals surface area contributed by atoms with Gasteiger partial charge in [0.1, 0.15) is 11.5 Å². The Balaban J connectivity index is 1.45. The third kappa shape index (κ3) is 6.03. The number of nitrogens with one attached hydrogen (secondary N) is 4. The number of hydrogen-bond acceptors (Lipinski definition) is 6. The van der Waals surface area contributed by atoms with Gasteiger partial charge in [-0.2, -0.15) is 13.2 Å². The monoisotopic (exact) mass is 485 g/mol. The van der Waals surface area contributed by atoms with Gasteiger partial charge in [0.15, 0.2) is 0 Å². The van der Waals surface area contributed by atoms with Gasteiger partial charge in [-0.05, 0) is 30.3 Å². The van der Waals surface area contributed by atoms with Crippen molar-refractivity contribution in [3.05, 3.63) is 72.2 Å². The van der Waals surface area contributed by atoms with Crippen LogP contribution in [0.25, 0.3) is 0 Å². The summed E-state index contributed by atoms with van der Waals surface area (Å²) in [4.78, 5) is 35.5. The molecule has 1 aromatic carbocycles. The van der Waals surface area contributed by atoms with Crippen molar-refractivity contribution in [2.45, 2.75) is 6.18 Å². The van der Waals surface area contributed by atoms with Crippen LogP contribution in [0.15, 0.2) is 60.9 Å². The molecule has 35 heavy (non-hydrogen) atoms. The molecule has 0 spiro atoms. The van der Waals surface area contributed by atoms with Gasteiger partial charge in [-0.3, -0.25) is 15.1 Å². The molecule has 4 rings (SSSR count). The number of amides is 3. The summed E-state index contributed by atoms with van der Waals surface area (Å²) in [5.41, 5.74) is -0.0297. The zero-order valence-corrected chi connectivity index (χ0v) is 18.4. The molecule has 12 heteroatoms. The van der Waals surface area contributed by atoms with E-state index in [-0.39, 0.29) is 11.5 Å². The first-order valence-electron chi connectivity index (χ1n) is 10.7. The zero-order valence-electron chi connectivity index (χ0n) is 18.4. The van der Waals surface area contributed by atoms with Crippen LogP contribution in [0.2, 0.25) is 0 Å². The number of hydrogen-bond donors (Lipinski definition) is 4. The topological polar surface area (TPSA) is 111 Å². The molecule has 0 unspecified atom stereocenters. The lowest BCUT2D eigenvalue weighted by Gasteiger charge is -2.30. The maximum atomic E-state index is 13.2. The standard InChI is InChI=1S/C23H22F3N7O2/c24-23(25,26)15-4-1-2-5-16(15)31-22(35)32-20-7-3-6-17(29-20)21(34)30-18-14-28-9-8-19(18)33-12-10-27-11-13-33/h1-9,14,27H,10-13H2,(H,30,34)(H2,29,31,32,35). The molecule has 182 valence electrons. The lowest BCUT2D eigenvalue weighted by Crippen LogP contribution is -2.43. The Morgan fingerprint density at radius 1 is 0.914 bits per heavy atom. The number of rotatable bonds is 5. The second kappa shape index (κ2) is 10.4. The van der Waals surface area contributed by atoms with E-state index < -0.39 is 29.4 Å². The Bertz CT molecular complexity index is 1210. The van der Waals surface area contributed by atoms with E-state index in [4.69, 9.17) is 0 Å². The quantitative estimate of drug-likeness (QED) is 0.438. The van der Waals surface area contributed by atoms with Crippen molar-refractivity contribution in [3.8, 4) is 0 Å². The smallest absolute Gasteiger partial charge is 0.367 e. The zero-order chi connectivity index (χ0) is 24.8. The summed E-state index contributed by atoms with van der Waals surface area (Å²) in [6.07, 6.45) is -1.44. The number of alkyl halides is 3. The molecule has 2 aromatic heterocycles. The van der Waals surface area contributed by atoms with Crippen molar-refractivity contribution >= 4 is 34.8 Å². The summed E-state index contributed by atoms with van der Waals surface area (Å²) < 4.78 is 39.5. The Morgan fingerprint density at radius 2 is 1.69 bits per heavy atom. The summed E-state index contributed by atoms with van der Waals surface area (Å²) in [5.74, 6) is -0.533. The molecule has 4 N–H and O–H groups in total. The van der Waals surface area contributed by atoms with Gasteiger partial charge in [-0.25, -0.2) is 9.78 Å². The van der Waals surface area contributed by atoms with Crippen LogP contribution in [0.5, 0.6) is 0 Å². The SMILES string of the molecule is O=C(Nc1cccc(C(=O)Nc2cnccc2N2CCNCC2)n1)Nc1ccccc1C(F)(F)F. The highest BCUT2D eigenvalue weighted by Crippen LogP contribution is 2.34. The average Bonchev–Trinajstić information content (AvgIpc) is 2.84. The molecular formula is C23H22F3N7O2. The third-order valence-electron chi connectivity index (χ3n) is 5.21. The molecule has 1 saturated heterocycles. The van der Waals surface area contributed by atoms with Crippen LogP contribution in [0.1, 0.15) is 16.1 Å². The second-order valence-electron chi connectivity index (χ2n) is 7.61. The highest BCUT2D eigenvalue weighted by Gasteiger charge is 2.33. The molecule has 1 aliphatic heterocycles. The average molecular weight is 485 g/mol. The first-order valence-corrected chi connectivity index (χ1v) is 10.7. The number of aromatic nitrogens is 2. The minimum Gasteiger partial charge on any atom is -0.367 e. The predicted octanol–water partition coefficient (Wildman–Crippen LogP) is 3.80. The summed E-state index contributed by atoms with van der Waals surface area (Å²) >= 11 is 0. The van der Waals surface area contributed by atoms with Crippen LogP contribution < -0.4 is 26.2 Å². The second-order valence-corrected chi connectivity index (χ2v) is 7.61. The van der Waals surface area contributed by atoms with Gasteiger partial charge in [0, 0.05) is 32.4 Å². The molecular weight excluding hydrogens is 463 g/mol. The number of piperazine rings is 1. The van der Waals surface area contributed by atoms with Gasteiger partial charge in [0.25, 0.3) is 5.91 Å². The molecule has 3 heterocycles. The molecule has 0 aliphatic carbocycles. The van der Waals surface area contributed by atoms with Crippen molar-refractivity contribution in [3.63, 3.8) is 0 Å². The van der Waals surface area contributed by atoms with Gasteiger partial charge in [-0.1, -0.05) is 18.2 Å². The van der Waals surface area contributed by atoms with Gasteiger partial charge in [0.05, 0.1) is 28.8 Å². The Labute approximate surface area is 198 Å². The van der Waals surface area contributed by atoms with E-state index in [9.17, 15) is 22.8 Å². The van der Waals surface area contributed by atoms with Crippen LogP contribution in [-0.2, 0) is 6.18 Å². The molecule has 0 saturated carbocycles. The number of carbonyl (C=O) groups excluding carboxylic acids is 2. The number of carbonyl (C=O) groups is 2. The number of benzene rings is 1. The fourth-order valence-corrected chi connectivity index (χ4v) is 3.59. The van der Waals surface area contributed by atoms with Crippen molar-refractivity contribution in [2.75, 3.05) is 47.0 Å². The van der Waals surface area contributed by atoms with Crippen LogP contribution >= 0.6 is 0 Å². The molecule has 3 aromatic rings. The van der Waals surface area contributed by atoms with Crippen LogP contribution in [0.4, 0.5) is 40.8 Å². The highest BCUT2D eigenvalue weighted by atomic mass is 19.4. The normalized spacial score (nSPS) is 13.7. The number of para-hydroxylation sites is 1. The fraction of sp³-hybridized carbons (Fsp3) is 0.217. The van der Waals surface area contributed by atoms with Gasteiger partial charge in [-0.15, -0.1) is 0 Å². The van der Waals surface area contributed by atoms with Crippen LogP contribution in [0.3, 0.4) is 0 Å². The first-order chi connectivity index (χ1) is 16.8. The summed E-state index contributed by atoms with van der Waals surface area (Å²) in [6.45, 7) is 3.19. The summed E-state index contributed by atoms with van der Waals surface area (Å²) in [7, 11) is 0. The maximum absolute atomic E-state index is 13.2. The van der Waals surface area contributed by atoms with E-state index in [1.165, 1.54) is 30.3 Å². The lowest BCUT2D eigenvalue weighted by atomic mass is 10.1. The van der Waals surface area contributed by atoms with E-state index in [2.05, 4.69) is 36.1 Å². The fourth-order valence-electron chi connectivity index (χ4n) is 3.59. The van der Waals surface area contributed by atoms with Crippen molar-refractivity contribution in [1.29, 1.82) is 0 Å². The van der Waals surface area contributed by atoms with E-state index in [0.29, 0.717) is 5.69 Å². The van der Waals surface area contributed by atoms with Gasteiger partial charge < -0.3 is 20.9 Å². The van der Waals surface area contributed by atoms with Crippen molar-refractivity contribution in [2.24, 2.45) is 0 Å². The van der Waals surface area contributed by atoms with Crippen LogP contribution in [0, 0.1) is 0 Å². The highest BCUT2D eigenvalue weighted by molar-refractivity contribution is 6.05. The number of halogens is 3. The molecule has 0 atom stereocenters. The molecule has 9 nitrogen and oxygen atoms in total.